The van der Waals surface area contributed by atoms with Crippen molar-refractivity contribution in [2.75, 3.05) is 32.1 Å². The molecule has 0 unspecified atom stereocenters. The molecule has 19 heavy (non-hydrogen) atoms. The Balaban J connectivity index is 1.74. The molecule has 3 rings (SSSR count). The molecule has 1 aromatic heterocycles. The SMILES string of the molecule is CN(C)C1CCN(c2cc(=O)[nH]c(C3CC3)n2)CC1. The van der Waals surface area contributed by atoms with Crippen LogP contribution in [0, 0.1) is 0 Å². The van der Waals surface area contributed by atoms with Gasteiger partial charge in [0, 0.05) is 31.1 Å². The molecule has 0 bridgehead atoms. The van der Waals surface area contributed by atoms with Crippen molar-refractivity contribution in [3.05, 3.63) is 22.2 Å². The van der Waals surface area contributed by atoms with E-state index in [2.05, 4.69) is 33.9 Å². The maximum Gasteiger partial charge on any atom is 0.252 e. The molecule has 1 saturated heterocycles. The van der Waals surface area contributed by atoms with E-state index in [0.717, 1.165) is 50.4 Å². The molecule has 2 aliphatic rings. The molecule has 1 aliphatic carbocycles. The molecule has 5 nitrogen and oxygen atoms in total. The Bertz CT molecular complexity index is 498. The van der Waals surface area contributed by atoms with Crippen LogP contribution < -0.4 is 10.5 Å². The number of aromatic nitrogens is 2. The third kappa shape index (κ3) is 2.81. The second-order valence-corrected chi connectivity index (χ2v) is 5.94. The Kier molecular flexibility index (Phi) is 3.31. The summed E-state index contributed by atoms with van der Waals surface area (Å²) in [5.41, 5.74) is -0.0124. The Hall–Kier alpha value is -1.36. The maximum atomic E-state index is 11.7. The lowest BCUT2D eigenvalue weighted by atomic mass is 10.0. The summed E-state index contributed by atoms with van der Waals surface area (Å²) in [5.74, 6) is 2.24. The number of hydrogen-bond acceptors (Lipinski definition) is 4. The highest BCUT2D eigenvalue weighted by molar-refractivity contribution is 5.38. The summed E-state index contributed by atoms with van der Waals surface area (Å²) in [6.07, 6.45) is 4.60. The third-order valence-corrected chi connectivity index (χ3v) is 4.23. The van der Waals surface area contributed by atoms with Crippen LogP contribution in [0.25, 0.3) is 0 Å². The Labute approximate surface area is 113 Å². The summed E-state index contributed by atoms with van der Waals surface area (Å²) in [4.78, 5) is 23.8. The largest absolute Gasteiger partial charge is 0.356 e. The smallest absolute Gasteiger partial charge is 0.252 e. The summed E-state index contributed by atoms with van der Waals surface area (Å²) < 4.78 is 0. The van der Waals surface area contributed by atoms with Crippen molar-refractivity contribution >= 4 is 5.82 Å². The molecular weight excluding hydrogens is 240 g/mol. The Morgan fingerprint density at radius 3 is 2.53 bits per heavy atom. The van der Waals surface area contributed by atoms with Crippen LogP contribution in [-0.2, 0) is 0 Å². The second kappa shape index (κ2) is 4.96. The van der Waals surface area contributed by atoms with Crippen LogP contribution in [0.2, 0.25) is 0 Å². The molecule has 0 atom stereocenters. The standard InChI is InChI=1S/C14H22N4O/c1-17(2)11-5-7-18(8-6-11)12-9-13(19)16-14(15-12)10-3-4-10/h9-11H,3-8H2,1-2H3,(H,15,16,19). The average Bonchev–Trinajstić information content (AvgIpc) is 3.22. The molecular formula is C14H22N4O. The fourth-order valence-corrected chi connectivity index (χ4v) is 2.79. The molecule has 0 amide bonds. The molecule has 1 saturated carbocycles. The van der Waals surface area contributed by atoms with Gasteiger partial charge in [-0.1, -0.05) is 0 Å². The van der Waals surface area contributed by atoms with E-state index in [9.17, 15) is 4.79 Å². The molecule has 0 radical (unpaired) electrons. The van der Waals surface area contributed by atoms with Gasteiger partial charge in [-0.25, -0.2) is 4.98 Å². The third-order valence-electron chi connectivity index (χ3n) is 4.23. The molecule has 2 heterocycles. The van der Waals surface area contributed by atoms with Gasteiger partial charge >= 0.3 is 0 Å². The van der Waals surface area contributed by atoms with Crippen LogP contribution in [0.4, 0.5) is 5.82 Å². The lowest BCUT2D eigenvalue weighted by Gasteiger charge is -2.35. The van der Waals surface area contributed by atoms with Crippen LogP contribution in [-0.4, -0.2) is 48.1 Å². The summed E-state index contributed by atoms with van der Waals surface area (Å²) in [7, 11) is 4.27. The first-order chi connectivity index (χ1) is 9.13. The lowest BCUT2D eigenvalue weighted by Crippen LogP contribution is -2.42. The van der Waals surface area contributed by atoms with Gasteiger partial charge in [-0.3, -0.25) is 4.79 Å². The number of anilines is 1. The van der Waals surface area contributed by atoms with E-state index in [1.807, 2.05) is 0 Å². The minimum atomic E-state index is -0.0124. The molecule has 1 N–H and O–H groups in total. The maximum absolute atomic E-state index is 11.7. The predicted octanol–water partition coefficient (Wildman–Crippen LogP) is 1.18. The van der Waals surface area contributed by atoms with E-state index in [-0.39, 0.29) is 5.56 Å². The molecule has 5 heteroatoms. The molecule has 104 valence electrons. The van der Waals surface area contributed by atoms with Gasteiger partial charge in [0.05, 0.1) is 0 Å². The first-order valence-corrected chi connectivity index (χ1v) is 7.16. The highest BCUT2D eigenvalue weighted by Crippen LogP contribution is 2.38. The van der Waals surface area contributed by atoms with E-state index in [4.69, 9.17) is 0 Å². The Morgan fingerprint density at radius 1 is 1.26 bits per heavy atom. The van der Waals surface area contributed by atoms with Gasteiger partial charge in [-0.2, -0.15) is 0 Å². The van der Waals surface area contributed by atoms with Crippen molar-refractivity contribution < 1.29 is 0 Å². The normalized spacial score (nSPS) is 21.1. The fraction of sp³-hybridized carbons (Fsp3) is 0.714. The zero-order valence-electron chi connectivity index (χ0n) is 11.7. The van der Waals surface area contributed by atoms with Crippen molar-refractivity contribution in [2.45, 2.75) is 37.6 Å². The minimum Gasteiger partial charge on any atom is -0.356 e. The number of rotatable bonds is 3. The van der Waals surface area contributed by atoms with Crippen LogP contribution in [0.1, 0.15) is 37.4 Å². The van der Waals surface area contributed by atoms with Gasteiger partial charge in [-0.05, 0) is 39.8 Å². The predicted molar refractivity (Wildman–Crippen MR) is 75.8 cm³/mol. The topological polar surface area (TPSA) is 52.2 Å². The van der Waals surface area contributed by atoms with Crippen LogP contribution >= 0.6 is 0 Å². The number of H-pyrrole nitrogens is 1. The van der Waals surface area contributed by atoms with Crippen LogP contribution in [0.3, 0.4) is 0 Å². The van der Waals surface area contributed by atoms with Crippen molar-refractivity contribution in [3.63, 3.8) is 0 Å². The quantitative estimate of drug-likeness (QED) is 0.888. The molecule has 1 aromatic rings. The summed E-state index contributed by atoms with van der Waals surface area (Å²) >= 11 is 0. The van der Waals surface area contributed by atoms with E-state index in [1.165, 1.54) is 0 Å². The summed E-state index contributed by atoms with van der Waals surface area (Å²) in [6, 6.07) is 2.29. The summed E-state index contributed by atoms with van der Waals surface area (Å²) in [5, 5.41) is 0. The molecule has 2 fully saturated rings. The molecule has 1 aliphatic heterocycles. The van der Waals surface area contributed by atoms with E-state index < -0.39 is 0 Å². The van der Waals surface area contributed by atoms with E-state index in [0.29, 0.717) is 12.0 Å². The molecule has 0 aromatic carbocycles. The van der Waals surface area contributed by atoms with Gasteiger partial charge in [0.15, 0.2) is 0 Å². The lowest BCUT2D eigenvalue weighted by molar-refractivity contribution is 0.249. The van der Waals surface area contributed by atoms with Crippen molar-refractivity contribution in [2.24, 2.45) is 0 Å². The minimum absolute atomic E-state index is 0.0124. The van der Waals surface area contributed by atoms with Gasteiger partial charge < -0.3 is 14.8 Å². The second-order valence-electron chi connectivity index (χ2n) is 5.94. The first-order valence-electron chi connectivity index (χ1n) is 7.16. The van der Waals surface area contributed by atoms with Crippen molar-refractivity contribution in [1.82, 2.24) is 14.9 Å². The van der Waals surface area contributed by atoms with Gasteiger partial charge in [0.1, 0.15) is 11.6 Å². The highest BCUT2D eigenvalue weighted by Gasteiger charge is 2.28. The number of piperidine rings is 1. The fourth-order valence-electron chi connectivity index (χ4n) is 2.79. The summed E-state index contributed by atoms with van der Waals surface area (Å²) in [6.45, 7) is 1.98. The zero-order valence-corrected chi connectivity index (χ0v) is 11.7. The molecule has 0 spiro atoms. The number of nitrogens with zero attached hydrogens (tertiary/aromatic N) is 3. The number of aromatic amines is 1. The van der Waals surface area contributed by atoms with Crippen molar-refractivity contribution in [1.29, 1.82) is 0 Å². The van der Waals surface area contributed by atoms with E-state index in [1.54, 1.807) is 6.07 Å². The first kappa shape index (κ1) is 12.7. The van der Waals surface area contributed by atoms with Gasteiger partial charge in [0.25, 0.3) is 5.56 Å². The monoisotopic (exact) mass is 262 g/mol. The number of hydrogen-bond donors (Lipinski definition) is 1. The van der Waals surface area contributed by atoms with Crippen molar-refractivity contribution in [3.8, 4) is 0 Å². The van der Waals surface area contributed by atoms with Gasteiger partial charge in [-0.15, -0.1) is 0 Å². The van der Waals surface area contributed by atoms with Crippen LogP contribution in [0.15, 0.2) is 10.9 Å². The highest BCUT2D eigenvalue weighted by atomic mass is 16.1. The Morgan fingerprint density at radius 2 is 1.95 bits per heavy atom. The van der Waals surface area contributed by atoms with Gasteiger partial charge in [0.2, 0.25) is 0 Å². The average molecular weight is 262 g/mol. The van der Waals surface area contributed by atoms with Crippen LogP contribution in [0.5, 0.6) is 0 Å². The van der Waals surface area contributed by atoms with E-state index >= 15 is 0 Å². The number of nitrogens with one attached hydrogen (secondary N) is 1. The zero-order chi connectivity index (χ0) is 13.4.